The van der Waals surface area contributed by atoms with Crippen molar-refractivity contribution < 1.29 is 0 Å². The standard InChI is InChI=1S/C66H42N8/c1-5-19-41(20-6-1)55-39-57(65-71-53-29-15-17-31-59(53)73(65)45-23-9-3-10-24-45)69-63(67-55)43-33-35-49-51(37-43)61-47-27-13-14-28-48(47)62(49)52-38-44(34-36-50(52)61)64-68-56(42-21-7-2-8-22-42)40-58(70-64)66-72-54-30-16-18-32-60(54)74(66)46-25-11-4-12-26-46/h1-40,61-62H. The van der Waals surface area contributed by atoms with Gasteiger partial charge in [0.2, 0.25) is 0 Å². The largest absolute Gasteiger partial charge is 0.291 e. The van der Waals surface area contributed by atoms with Crippen molar-refractivity contribution >= 4 is 22.1 Å². The van der Waals surface area contributed by atoms with Crippen LogP contribution in [0.4, 0.5) is 0 Å². The minimum absolute atomic E-state index is 0.00725. The van der Waals surface area contributed by atoms with Gasteiger partial charge in [0.15, 0.2) is 23.3 Å². The van der Waals surface area contributed by atoms with Gasteiger partial charge in [0, 0.05) is 45.5 Å². The molecule has 0 fully saturated rings. The molecule has 3 aliphatic carbocycles. The average Bonchev–Trinajstić information content (AvgIpc) is 4.10. The van der Waals surface area contributed by atoms with Crippen LogP contribution in [0.15, 0.2) is 243 Å². The first-order valence-corrected chi connectivity index (χ1v) is 25.0. The fourth-order valence-corrected chi connectivity index (χ4v) is 11.5. The molecule has 8 nitrogen and oxygen atoms in total. The summed E-state index contributed by atoms with van der Waals surface area (Å²) in [7, 11) is 0. The van der Waals surface area contributed by atoms with Crippen molar-refractivity contribution in [1.82, 2.24) is 39.0 Å². The van der Waals surface area contributed by atoms with Crippen LogP contribution in [0.3, 0.4) is 0 Å². The summed E-state index contributed by atoms with van der Waals surface area (Å²) in [6.45, 7) is 0. The molecule has 13 aromatic rings. The second kappa shape index (κ2) is 16.9. The molecule has 8 heteroatoms. The van der Waals surface area contributed by atoms with Gasteiger partial charge in [-0.25, -0.2) is 29.9 Å². The predicted octanol–water partition coefficient (Wildman–Crippen LogP) is 14.9. The molecule has 346 valence electrons. The minimum atomic E-state index is -0.00725. The average molecular weight is 947 g/mol. The molecule has 2 bridgehead atoms. The quantitative estimate of drug-likeness (QED) is 0.151. The molecule has 0 N–H and O–H groups in total. The molecular weight excluding hydrogens is 905 g/mol. The number of para-hydroxylation sites is 6. The summed E-state index contributed by atoms with van der Waals surface area (Å²) in [6.07, 6.45) is 0. The third-order valence-corrected chi connectivity index (χ3v) is 14.8. The van der Waals surface area contributed by atoms with Gasteiger partial charge in [-0.1, -0.05) is 170 Å². The number of nitrogens with zero attached hydrogens (tertiary/aromatic N) is 8. The van der Waals surface area contributed by atoms with Crippen molar-refractivity contribution in [2.45, 2.75) is 11.8 Å². The Bertz CT molecular complexity index is 4040. The van der Waals surface area contributed by atoms with Gasteiger partial charge < -0.3 is 0 Å². The zero-order valence-electron chi connectivity index (χ0n) is 39.8. The molecule has 0 amide bonds. The van der Waals surface area contributed by atoms with Crippen LogP contribution < -0.4 is 0 Å². The Hall–Kier alpha value is -9.92. The molecule has 0 saturated heterocycles. The Morgan fingerprint density at radius 1 is 0.257 bits per heavy atom. The summed E-state index contributed by atoms with van der Waals surface area (Å²) in [6, 6.07) is 84.9. The molecule has 2 atom stereocenters. The summed E-state index contributed by atoms with van der Waals surface area (Å²) < 4.78 is 4.41. The van der Waals surface area contributed by atoms with Crippen LogP contribution in [-0.2, 0) is 0 Å². The number of benzene rings is 9. The van der Waals surface area contributed by atoms with Crippen molar-refractivity contribution in [3.63, 3.8) is 0 Å². The number of hydrogen-bond donors (Lipinski definition) is 0. The Balaban J connectivity index is 0.877. The van der Waals surface area contributed by atoms with Crippen molar-refractivity contribution in [3.05, 3.63) is 276 Å². The molecule has 74 heavy (non-hydrogen) atoms. The van der Waals surface area contributed by atoms with E-state index in [1.165, 1.54) is 33.4 Å². The normalized spacial score (nSPS) is 14.2. The summed E-state index contributed by atoms with van der Waals surface area (Å²) in [4.78, 5) is 31.9. The Kier molecular flexibility index (Phi) is 9.53. The Labute approximate surface area is 426 Å². The zero-order chi connectivity index (χ0) is 48.7. The van der Waals surface area contributed by atoms with Gasteiger partial charge in [0.1, 0.15) is 11.4 Å². The summed E-state index contributed by atoms with van der Waals surface area (Å²) in [5.74, 6) is 2.80. The number of rotatable bonds is 8. The molecule has 0 aliphatic heterocycles. The lowest BCUT2D eigenvalue weighted by Crippen LogP contribution is -2.27. The summed E-state index contributed by atoms with van der Waals surface area (Å²) in [5, 5.41) is 0. The molecule has 16 rings (SSSR count). The second-order valence-electron chi connectivity index (χ2n) is 19.0. The van der Waals surface area contributed by atoms with Crippen LogP contribution in [0.1, 0.15) is 45.2 Å². The highest BCUT2D eigenvalue weighted by Crippen LogP contribution is 2.56. The topological polar surface area (TPSA) is 87.2 Å². The first-order valence-electron chi connectivity index (χ1n) is 25.0. The minimum Gasteiger partial charge on any atom is -0.291 e. The van der Waals surface area contributed by atoms with Crippen molar-refractivity contribution in [3.8, 4) is 79.7 Å². The molecule has 9 aromatic carbocycles. The highest BCUT2D eigenvalue weighted by Gasteiger charge is 2.41. The highest BCUT2D eigenvalue weighted by molar-refractivity contribution is 5.86. The summed E-state index contributed by atoms with van der Waals surface area (Å²) in [5.41, 5.74) is 20.7. The van der Waals surface area contributed by atoms with Gasteiger partial charge in [-0.15, -0.1) is 0 Å². The van der Waals surface area contributed by atoms with Crippen LogP contribution >= 0.6 is 0 Å². The number of aromatic nitrogens is 8. The molecule has 0 saturated carbocycles. The number of imidazole rings is 2. The zero-order valence-corrected chi connectivity index (χ0v) is 39.8. The Morgan fingerprint density at radius 2 is 0.608 bits per heavy atom. The van der Waals surface area contributed by atoms with Crippen molar-refractivity contribution in [2.75, 3.05) is 0 Å². The molecule has 0 spiro atoms. The van der Waals surface area contributed by atoms with E-state index in [1.807, 2.05) is 36.4 Å². The molecule has 2 unspecified atom stereocenters. The second-order valence-corrected chi connectivity index (χ2v) is 19.0. The van der Waals surface area contributed by atoms with Crippen molar-refractivity contribution in [1.29, 1.82) is 0 Å². The van der Waals surface area contributed by atoms with Gasteiger partial charge >= 0.3 is 0 Å². The van der Waals surface area contributed by atoms with E-state index in [-0.39, 0.29) is 11.8 Å². The van der Waals surface area contributed by atoms with Gasteiger partial charge in [-0.2, -0.15) is 0 Å². The van der Waals surface area contributed by atoms with Crippen LogP contribution in [0.5, 0.6) is 0 Å². The molecule has 0 radical (unpaired) electrons. The number of hydrogen-bond acceptors (Lipinski definition) is 6. The molecule has 3 aliphatic rings. The van der Waals surface area contributed by atoms with Crippen LogP contribution in [-0.4, -0.2) is 39.0 Å². The van der Waals surface area contributed by atoms with Crippen molar-refractivity contribution in [2.24, 2.45) is 0 Å². The van der Waals surface area contributed by atoms with E-state index in [0.717, 1.165) is 90.1 Å². The van der Waals surface area contributed by atoms with E-state index in [2.05, 4.69) is 215 Å². The Morgan fingerprint density at radius 3 is 1.04 bits per heavy atom. The lowest BCUT2D eigenvalue weighted by atomic mass is 9.61. The fourth-order valence-electron chi connectivity index (χ4n) is 11.5. The molecule has 4 heterocycles. The SMILES string of the molecule is c1ccc(-c2cc(-c3nc4ccccc4n3-c3ccccc3)nc(-c3ccc4c(c3)C3c5ccccc5C4c4cc(-c5nc(-c6ccccc6)cc(-c6nc7ccccc7n6-c6ccccc6)n5)ccc43)n2)cc1. The maximum Gasteiger partial charge on any atom is 0.164 e. The lowest BCUT2D eigenvalue weighted by molar-refractivity contribution is 0.754. The first kappa shape index (κ1) is 41.8. The smallest absolute Gasteiger partial charge is 0.164 e. The molecular formula is C66H42N8. The monoisotopic (exact) mass is 946 g/mol. The van der Waals surface area contributed by atoms with E-state index in [9.17, 15) is 0 Å². The first-order chi connectivity index (χ1) is 36.7. The van der Waals surface area contributed by atoms with E-state index in [4.69, 9.17) is 29.9 Å². The summed E-state index contributed by atoms with van der Waals surface area (Å²) >= 11 is 0. The highest BCUT2D eigenvalue weighted by atomic mass is 15.1. The van der Waals surface area contributed by atoms with Crippen LogP contribution in [0, 0.1) is 0 Å². The van der Waals surface area contributed by atoms with Gasteiger partial charge in [-0.3, -0.25) is 9.13 Å². The maximum absolute atomic E-state index is 5.40. The van der Waals surface area contributed by atoms with E-state index >= 15 is 0 Å². The third kappa shape index (κ3) is 6.76. The third-order valence-electron chi connectivity index (χ3n) is 14.8. The van der Waals surface area contributed by atoms with E-state index in [0.29, 0.717) is 11.6 Å². The van der Waals surface area contributed by atoms with Gasteiger partial charge in [-0.05, 0) is 106 Å². The van der Waals surface area contributed by atoms with E-state index < -0.39 is 0 Å². The predicted molar refractivity (Wildman–Crippen MR) is 294 cm³/mol. The van der Waals surface area contributed by atoms with Gasteiger partial charge in [0.05, 0.1) is 33.5 Å². The van der Waals surface area contributed by atoms with Crippen LogP contribution in [0.25, 0.3) is 102 Å². The maximum atomic E-state index is 5.40. The van der Waals surface area contributed by atoms with Gasteiger partial charge in [0.25, 0.3) is 0 Å². The van der Waals surface area contributed by atoms with Crippen LogP contribution in [0.2, 0.25) is 0 Å². The van der Waals surface area contributed by atoms with E-state index in [1.54, 1.807) is 0 Å². The molecule has 4 aromatic heterocycles. The fraction of sp³-hybridized carbons (Fsp3) is 0.0303. The number of fused-ring (bicyclic) bond motifs is 2. The lowest BCUT2D eigenvalue weighted by Gasteiger charge is -2.42.